The number of thiophene rings is 1. The second kappa shape index (κ2) is 10.2. The maximum atomic E-state index is 12.5. The standard InChI is InChI=1S/C16H18ClNOS.C2H6/c1-6-9-12(8-3)18(5)16(19)15-14(17)13(10-7-2)11(4)20-15;1-2/h6-10H,2,4H2,1,3,5H3;1-2H3/b9-6-,12-8+,13-10+;. The van der Waals surface area contributed by atoms with Crippen LogP contribution in [0.4, 0.5) is 0 Å². The molecule has 0 N–H and O–H groups in total. The predicted molar refractivity (Wildman–Crippen MR) is 101 cm³/mol. The average molecular weight is 338 g/mol. The van der Waals surface area contributed by atoms with Crippen LogP contribution in [0.5, 0.6) is 0 Å². The Hall–Kier alpha value is -1.58. The molecule has 0 saturated heterocycles. The van der Waals surface area contributed by atoms with Crippen molar-refractivity contribution >= 4 is 41.5 Å². The van der Waals surface area contributed by atoms with E-state index < -0.39 is 0 Å². The van der Waals surface area contributed by atoms with Crippen molar-refractivity contribution in [1.29, 1.82) is 0 Å². The summed E-state index contributed by atoms with van der Waals surface area (Å²) in [6, 6.07) is 0. The molecular weight excluding hydrogens is 314 g/mol. The summed E-state index contributed by atoms with van der Waals surface area (Å²) in [6.07, 6.45) is 9.04. The summed E-state index contributed by atoms with van der Waals surface area (Å²) in [4.78, 5) is 14.6. The zero-order chi connectivity index (χ0) is 17.3. The van der Waals surface area contributed by atoms with Gasteiger partial charge >= 0.3 is 0 Å². The van der Waals surface area contributed by atoms with E-state index in [0.29, 0.717) is 9.90 Å². The van der Waals surface area contributed by atoms with Crippen molar-refractivity contribution in [3.63, 3.8) is 0 Å². The van der Waals surface area contributed by atoms with Gasteiger partial charge in [0, 0.05) is 22.5 Å². The molecule has 120 valence electrons. The van der Waals surface area contributed by atoms with Crippen molar-refractivity contribution in [1.82, 2.24) is 4.90 Å². The minimum absolute atomic E-state index is 0.139. The van der Waals surface area contributed by atoms with Gasteiger partial charge in [-0.05, 0) is 19.9 Å². The maximum Gasteiger partial charge on any atom is 0.269 e. The Kier molecular flexibility index (Phi) is 9.46. The highest BCUT2D eigenvalue weighted by Crippen LogP contribution is 2.18. The normalized spacial score (nSPS) is 12.1. The summed E-state index contributed by atoms with van der Waals surface area (Å²) < 4.78 is 0.764. The minimum atomic E-state index is -0.139. The molecule has 0 saturated carbocycles. The lowest BCUT2D eigenvalue weighted by atomic mass is 10.3. The first-order valence-corrected chi connectivity index (χ1v) is 8.34. The molecule has 1 amide bonds. The number of carbonyl (C=O) groups excluding carboxylic acids is 1. The van der Waals surface area contributed by atoms with E-state index in [1.165, 1.54) is 11.3 Å². The molecule has 1 rings (SSSR count). The van der Waals surface area contributed by atoms with Crippen LogP contribution in [0.25, 0.3) is 12.7 Å². The molecule has 4 heteroatoms. The van der Waals surface area contributed by atoms with E-state index >= 15 is 0 Å². The van der Waals surface area contributed by atoms with Crippen molar-refractivity contribution < 1.29 is 4.79 Å². The number of amides is 1. The largest absolute Gasteiger partial charge is 0.311 e. The van der Waals surface area contributed by atoms with E-state index in [-0.39, 0.29) is 5.91 Å². The Balaban J connectivity index is 0.00000211. The molecule has 22 heavy (non-hydrogen) atoms. The number of hydrogen-bond acceptors (Lipinski definition) is 2. The van der Waals surface area contributed by atoms with Gasteiger partial charge in [0.25, 0.3) is 5.91 Å². The molecule has 0 aromatic carbocycles. The lowest BCUT2D eigenvalue weighted by molar-refractivity contribution is 0.0845. The third-order valence-corrected chi connectivity index (χ3v) is 4.32. The Morgan fingerprint density at radius 2 is 1.91 bits per heavy atom. The SMILES string of the molecule is C=C/C=c1/c(Cl)c(C(=O)N(C)C(/C=C\C)=C/C)sc1=C.CC. The van der Waals surface area contributed by atoms with Gasteiger partial charge in [-0.2, -0.15) is 0 Å². The predicted octanol–water partition coefficient (Wildman–Crippen LogP) is 4.36. The van der Waals surface area contributed by atoms with Crippen LogP contribution in [-0.4, -0.2) is 17.9 Å². The first-order valence-electron chi connectivity index (χ1n) is 7.14. The number of allylic oxidation sites excluding steroid dienone is 4. The number of rotatable bonds is 4. The van der Waals surface area contributed by atoms with Crippen LogP contribution in [0, 0.1) is 0 Å². The van der Waals surface area contributed by atoms with Gasteiger partial charge in [-0.1, -0.05) is 62.9 Å². The van der Waals surface area contributed by atoms with Crippen LogP contribution in [0.2, 0.25) is 5.02 Å². The molecule has 0 fully saturated rings. The van der Waals surface area contributed by atoms with E-state index in [4.69, 9.17) is 11.6 Å². The Labute approximate surface area is 142 Å². The maximum absolute atomic E-state index is 12.5. The van der Waals surface area contributed by atoms with Crippen molar-refractivity contribution in [2.45, 2.75) is 27.7 Å². The molecule has 2 nitrogen and oxygen atoms in total. The van der Waals surface area contributed by atoms with E-state index in [0.717, 1.165) is 15.4 Å². The van der Waals surface area contributed by atoms with Gasteiger partial charge < -0.3 is 4.90 Å². The lowest BCUT2D eigenvalue weighted by Gasteiger charge is -2.17. The average Bonchev–Trinajstić information content (AvgIpc) is 2.81. The fraction of sp³-hybridized carbons (Fsp3) is 0.278. The van der Waals surface area contributed by atoms with Crippen LogP contribution < -0.4 is 9.75 Å². The van der Waals surface area contributed by atoms with E-state index in [9.17, 15) is 4.79 Å². The number of hydrogen-bond donors (Lipinski definition) is 0. The lowest BCUT2D eigenvalue weighted by Crippen LogP contribution is -2.25. The molecule has 1 aromatic rings. The molecular formula is C18H24ClNOS. The summed E-state index contributed by atoms with van der Waals surface area (Å²) in [7, 11) is 1.73. The number of likely N-dealkylation sites (N-methyl/N-ethyl adjacent to an activating group) is 1. The highest BCUT2D eigenvalue weighted by atomic mass is 35.5. The second-order valence-electron chi connectivity index (χ2n) is 4.06. The second-order valence-corrected chi connectivity index (χ2v) is 5.55. The van der Waals surface area contributed by atoms with Gasteiger partial charge in [0.1, 0.15) is 4.88 Å². The van der Waals surface area contributed by atoms with Gasteiger partial charge in [-0.15, -0.1) is 11.3 Å². The van der Waals surface area contributed by atoms with E-state index in [1.54, 1.807) is 24.1 Å². The number of nitrogens with zero attached hydrogens (tertiary/aromatic N) is 1. The Morgan fingerprint density at radius 3 is 2.36 bits per heavy atom. The van der Waals surface area contributed by atoms with Crippen molar-refractivity contribution in [2.75, 3.05) is 7.05 Å². The molecule has 0 unspecified atom stereocenters. The van der Waals surface area contributed by atoms with Crippen LogP contribution in [0.1, 0.15) is 37.4 Å². The third kappa shape index (κ3) is 4.72. The van der Waals surface area contributed by atoms with Gasteiger partial charge in [0.15, 0.2) is 0 Å². The van der Waals surface area contributed by atoms with Crippen LogP contribution in [0.15, 0.2) is 36.6 Å². The summed E-state index contributed by atoms with van der Waals surface area (Å²) in [5.74, 6) is -0.139. The summed E-state index contributed by atoms with van der Waals surface area (Å²) in [6.45, 7) is 15.4. The molecule has 1 heterocycles. The molecule has 0 radical (unpaired) electrons. The molecule has 0 bridgehead atoms. The summed E-state index contributed by atoms with van der Waals surface area (Å²) in [5.41, 5.74) is 0.821. The zero-order valence-electron chi connectivity index (χ0n) is 13.9. The van der Waals surface area contributed by atoms with Gasteiger partial charge in [-0.3, -0.25) is 4.79 Å². The molecule has 0 aliphatic heterocycles. The smallest absolute Gasteiger partial charge is 0.269 e. The zero-order valence-corrected chi connectivity index (χ0v) is 15.5. The topological polar surface area (TPSA) is 20.3 Å². The minimum Gasteiger partial charge on any atom is -0.311 e. The number of halogens is 1. The van der Waals surface area contributed by atoms with Crippen LogP contribution >= 0.6 is 22.9 Å². The highest BCUT2D eigenvalue weighted by molar-refractivity contribution is 7.12. The summed E-state index contributed by atoms with van der Waals surface area (Å²) in [5, 5.41) is 1.20. The molecule has 0 aliphatic carbocycles. The molecule has 0 atom stereocenters. The van der Waals surface area contributed by atoms with Crippen molar-refractivity contribution in [2.24, 2.45) is 0 Å². The molecule has 0 aliphatic rings. The van der Waals surface area contributed by atoms with Crippen LogP contribution in [0.3, 0.4) is 0 Å². The fourth-order valence-corrected chi connectivity index (χ4v) is 3.11. The van der Waals surface area contributed by atoms with Gasteiger partial charge in [-0.25, -0.2) is 0 Å². The quantitative estimate of drug-likeness (QED) is 0.748. The van der Waals surface area contributed by atoms with E-state index in [1.807, 2.05) is 45.9 Å². The third-order valence-electron chi connectivity index (χ3n) is 2.77. The fourth-order valence-electron chi connectivity index (χ4n) is 1.73. The van der Waals surface area contributed by atoms with Crippen molar-refractivity contribution in [3.8, 4) is 0 Å². The monoisotopic (exact) mass is 337 g/mol. The first kappa shape index (κ1) is 20.4. The molecule has 1 aromatic heterocycles. The van der Waals surface area contributed by atoms with E-state index in [2.05, 4.69) is 13.2 Å². The molecule has 0 spiro atoms. The summed E-state index contributed by atoms with van der Waals surface area (Å²) >= 11 is 7.58. The van der Waals surface area contributed by atoms with Crippen LogP contribution in [-0.2, 0) is 0 Å². The highest BCUT2D eigenvalue weighted by Gasteiger charge is 2.19. The van der Waals surface area contributed by atoms with Gasteiger partial charge in [0.2, 0.25) is 0 Å². The Bertz CT molecular complexity index is 683. The van der Waals surface area contributed by atoms with Crippen molar-refractivity contribution in [3.05, 3.63) is 56.2 Å². The van der Waals surface area contributed by atoms with Gasteiger partial charge in [0.05, 0.1) is 5.02 Å². The number of carbonyl (C=O) groups is 1. The first-order chi connectivity index (χ1) is 10.5. The Morgan fingerprint density at radius 1 is 1.32 bits per heavy atom.